The van der Waals surface area contributed by atoms with Gasteiger partial charge in [-0.1, -0.05) is 0 Å². The van der Waals surface area contributed by atoms with Crippen LogP contribution in [0.4, 0.5) is 0 Å². The topological polar surface area (TPSA) is 44.3 Å². The maximum Gasteiger partial charge on any atom is 0.122 e. The van der Waals surface area contributed by atoms with Crippen molar-refractivity contribution in [2.45, 2.75) is 6.17 Å². The zero-order chi connectivity index (χ0) is 6.69. The summed E-state index contributed by atoms with van der Waals surface area (Å²) >= 11 is 4.06. The van der Waals surface area contributed by atoms with E-state index in [-0.39, 0.29) is 6.17 Å². The van der Waals surface area contributed by atoms with E-state index in [1.165, 1.54) is 0 Å². The molecule has 0 bridgehead atoms. The third kappa shape index (κ3) is 1.80. The molecule has 0 amide bonds. The second-order valence-corrected chi connectivity index (χ2v) is 2.28. The number of aliphatic hydroxyl groups excluding tert-OH is 1. The third-order valence-corrected chi connectivity index (χ3v) is 1.53. The van der Waals surface area contributed by atoms with E-state index in [2.05, 4.69) is 23.3 Å². The lowest BCUT2D eigenvalue weighted by molar-refractivity contribution is 0.347. The predicted molar refractivity (Wildman–Crippen MR) is 39.5 cm³/mol. The van der Waals surface area contributed by atoms with Gasteiger partial charge in [0.1, 0.15) is 5.76 Å². The van der Waals surface area contributed by atoms with Gasteiger partial charge in [0.2, 0.25) is 0 Å². The monoisotopic (exact) mass is 146 g/mol. The van der Waals surface area contributed by atoms with E-state index in [0.29, 0.717) is 12.3 Å². The minimum atomic E-state index is 0.198. The molecular formula is C5H10N2OS. The highest BCUT2D eigenvalue weighted by Gasteiger charge is 2.08. The zero-order valence-electron chi connectivity index (χ0n) is 4.96. The largest absolute Gasteiger partial charge is 0.509 e. The Morgan fingerprint density at radius 2 is 2.67 bits per heavy atom. The summed E-state index contributed by atoms with van der Waals surface area (Å²) in [4.78, 5) is 0. The molecule has 1 atom stereocenters. The van der Waals surface area contributed by atoms with Gasteiger partial charge in [0, 0.05) is 12.0 Å². The van der Waals surface area contributed by atoms with Gasteiger partial charge in [-0.2, -0.15) is 12.6 Å². The molecule has 4 heteroatoms. The fourth-order valence-electron chi connectivity index (χ4n) is 0.652. The van der Waals surface area contributed by atoms with Crippen LogP contribution in [0.1, 0.15) is 0 Å². The third-order valence-electron chi connectivity index (χ3n) is 1.16. The van der Waals surface area contributed by atoms with Crippen molar-refractivity contribution in [1.29, 1.82) is 0 Å². The number of aliphatic hydroxyl groups is 1. The first kappa shape index (κ1) is 6.77. The highest BCUT2D eigenvalue weighted by molar-refractivity contribution is 7.80. The van der Waals surface area contributed by atoms with Crippen LogP contribution in [0.25, 0.3) is 0 Å². The van der Waals surface area contributed by atoms with E-state index in [0.717, 1.165) is 5.75 Å². The smallest absolute Gasteiger partial charge is 0.122 e. The molecule has 1 rings (SSSR count). The summed E-state index contributed by atoms with van der Waals surface area (Å²) in [6, 6.07) is 0. The Morgan fingerprint density at radius 1 is 1.89 bits per heavy atom. The standard InChI is InChI=1S/C5H10N2OS/c8-4-1-6-5(3-9)7-2-4/h1,5-9H,2-3H2. The lowest BCUT2D eigenvalue weighted by Gasteiger charge is -2.21. The maximum absolute atomic E-state index is 8.83. The van der Waals surface area contributed by atoms with Crippen molar-refractivity contribution in [2.24, 2.45) is 0 Å². The van der Waals surface area contributed by atoms with Crippen molar-refractivity contribution in [3.05, 3.63) is 12.0 Å². The molecule has 1 heterocycles. The number of thiol groups is 1. The van der Waals surface area contributed by atoms with Gasteiger partial charge < -0.3 is 10.4 Å². The number of rotatable bonds is 1. The van der Waals surface area contributed by atoms with E-state index < -0.39 is 0 Å². The molecule has 0 aliphatic carbocycles. The number of nitrogens with one attached hydrogen (secondary N) is 2. The van der Waals surface area contributed by atoms with Gasteiger partial charge >= 0.3 is 0 Å². The molecule has 1 unspecified atom stereocenters. The van der Waals surface area contributed by atoms with E-state index in [4.69, 9.17) is 5.11 Å². The van der Waals surface area contributed by atoms with Crippen LogP contribution in [-0.4, -0.2) is 23.6 Å². The van der Waals surface area contributed by atoms with Crippen molar-refractivity contribution in [3.8, 4) is 0 Å². The Balaban J connectivity index is 2.36. The Kier molecular flexibility index (Phi) is 2.24. The molecule has 0 aromatic carbocycles. The summed E-state index contributed by atoms with van der Waals surface area (Å²) in [5, 5.41) is 14.8. The molecule has 0 spiro atoms. The van der Waals surface area contributed by atoms with Crippen LogP contribution in [0.3, 0.4) is 0 Å². The fraction of sp³-hybridized carbons (Fsp3) is 0.600. The molecule has 3 N–H and O–H groups in total. The van der Waals surface area contributed by atoms with Gasteiger partial charge in [0.25, 0.3) is 0 Å². The van der Waals surface area contributed by atoms with Crippen molar-refractivity contribution in [2.75, 3.05) is 12.3 Å². The van der Waals surface area contributed by atoms with Crippen LogP contribution in [0.15, 0.2) is 12.0 Å². The fourth-order valence-corrected chi connectivity index (χ4v) is 0.886. The Hall–Kier alpha value is -0.350. The second-order valence-electron chi connectivity index (χ2n) is 1.92. The quantitative estimate of drug-likeness (QED) is 0.388. The molecule has 3 nitrogen and oxygen atoms in total. The molecule has 0 radical (unpaired) electrons. The van der Waals surface area contributed by atoms with Crippen molar-refractivity contribution < 1.29 is 5.11 Å². The van der Waals surface area contributed by atoms with E-state index in [1.54, 1.807) is 6.20 Å². The molecule has 0 aromatic rings. The highest BCUT2D eigenvalue weighted by Crippen LogP contribution is 1.93. The van der Waals surface area contributed by atoms with Crippen LogP contribution in [0, 0.1) is 0 Å². The van der Waals surface area contributed by atoms with E-state index in [9.17, 15) is 0 Å². The number of hydrogen-bond acceptors (Lipinski definition) is 4. The van der Waals surface area contributed by atoms with Gasteiger partial charge in [-0.15, -0.1) is 0 Å². The first-order valence-corrected chi connectivity index (χ1v) is 3.44. The summed E-state index contributed by atoms with van der Waals surface area (Å²) in [6.07, 6.45) is 1.79. The SMILES string of the molecule is OC1=CNC(CS)NC1. The molecule has 0 fully saturated rings. The van der Waals surface area contributed by atoms with Crippen molar-refractivity contribution in [1.82, 2.24) is 10.6 Å². The lowest BCUT2D eigenvalue weighted by Crippen LogP contribution is -2.45. The van der Waals surface area contributed by atoms with Crippen LogP contribution in [0.5, 0.6) is 0 Å². The first-order chi connectivity index (χ1) is 4.33. The summed E-state index contributed by atoms with van der Waals surface area (Å²) in [5.74, 6) is 1.07. The summed E-state index contributed by atoms with van der Waals surface area (Å²) < 4.78 is 0. The lowest BCUT2D eigenvalue weighted by atomic mass is 10.4. The van der Waals surface area contributed by atoms with E-state index in [1.807, 2.05) is 0 Å². The molecule has 1 aliphatic rings. The van der Waals surface area contributed by atoms with Crippen LogP contribution < -0.4 is 10.6 Å². The Labute approximate surface area is 59.6 Å². The van der Waals surface area contributed by atoms with Gasteiger partial charge in [-0.25, -0.2) is 0 Å². The first-order valence-electron chi connectivity index (χ1n) is 2.81. The summed E-state index contributed by atoms with van der Waals surface area (Å²) in [6.45, 7) is 0.540. The molecule has 0 saturated heterocycles. The Morgan fingerprint density at radius 3 is 3.11 bits per heavy atom. The zero-order valence-corrected chi connectivity index (χ0v) is 5.86. The molecule has 52 valence electrons. The maximum atomic E-state index is 8.83. The van der Waals surface area contributed by atoms with Crippen LogP contribution >= 0.6 is 12.6 Å². The van der Waals surface area contributed by atoms with E-state index >= 15 is 0 Å². The molecule has 1 aliphatic heterocycles. The van der Waals surface area contributed by atoms with Gasteiger partial charge in [0.05, 0.1) is 12.7 Å². The highest BCUT2D eigenvalue weighted by atomic mass is 32.1. The average Bonchev–Trinajstić information content (AvgIpc) is 1.90. The molecule has 0 saturated carbocycles. The molecule has 0 aromatic heterocycles. The predicted octanol–water partition coefficient (Wildman–Crippen LogP) is -0.166. The van der Waals surface area contributed by atoms with Crippen molar-refractivity contribution >= 4 is 12.6 Å². The average molecular weight is 146 g/mol. The van der Waals surface area contributed by atoms with Gasteiger partial charge in [-0.3, -0.25) is 5.32 Å². The molecular weight excluding hydrogens is 136 g/mol. The second kappa shape index (κ2) is 2.98. The summed E-state index contributed by atoms with van der Waals surface area (Å²) in [5.41, 5.74) is 0. The summed E-state index contributed by atoms with van der Waals surface area (Å²) in [7, 11) is 0. The minimum Gasteiger partial charge on any atom is -0.509 e. The molecule has 9 heavy (non-hydrogen) atoms. The van der Waals surface area contributed by atoms with Crippen LogP contribution in [0.2, 0.25) is 0 Å². The minimum absolute atomic E-state index is 0.198. The number of hydrogen-bond donors (Lipinski definition) is 4. The van der Waals surface area contributed by atoms with Gasteiger partial charge in [0.15, 0.2) is 0 Å². The van der Waals surface area contributed by atoms with Crippen LogP contribution in [-0.2, 0) is 0 Å². The normalized spacial score (nSPS) is 26.8. The van der Waals surface area contributed by atoms with Gasteiger partial charge in [-0.05, 0) is 0 Å². The van der Waals surface area contributed by atoms with Crippen molar-refractivity contribution in [3.63, 3.8) is 0 Å². The Bertz CT molecular complexity index is 126.